The van der Waals surface area contributed by atoms with Crippen molar-refractivity contribution in [3.05, 3.63) is 0 Å². The number of rotatable bonds is 7. The zero-order valence-electron chi connectivity index (χ0n) is 10.3. The fourth-order valence-electron chi connectivity index (χ4n) is 1.51. The molecule has 5 nitrogen and oxygen atoms in total. The quantitative estimate of drug-likeness (QED) is 0.450. The molecule has 0 aromatic heterocycles. The summed E-state index contributed by atoms with van der Waals surface area (Å²) >= 11 is 0. The van der Waals surface area contributed by atoms with Crippen LogP contribution in [0.25, 0.3) is 0 Å². The molecular formula is C10H23BN2O3. The lowest BCUT2D eigenvalue weighted by Gasteiger charge is -2.20. The van der Waals surface area contributed by atoms with Gasteiger partial charge in [-0.25, -0.2) is 0 Å². The Morgan fingerprint density at radius 1 is 1.44 bits per heavy atom. The summed E-state index contributed by atoms with van der Waals surface area (Å²) in [5, 5.41) is 20.7. The van der Waals surface area contributed by atoms with Gasteiger partial charge in [0.15, 0.2) is 0 Å². The molecule has 0 radical (unpaired) electrons. The van der Waals surface area contributed by atoms with Gasteiger partial charge in [-0.2, -0.15) is 0 Å². The average molecular weight is 230 g/mol. The molecule has 0 bridgehead atoms. The summed E-state index contributed by atoms with van der Waals surface area (Å²) in [6, 6.07) is -0.585. The number of amides is 1. The highest BCUT2D eigenvalue weighted by Gasteiger charge is 2.26. The number of nitrogens with one attached hydrogen (secondary N) is 1. The van der Waals surface area contributed by atoms with Crippen molar-refractivity contribution in [1.82, 2.24) is 5.32 Å². The molecule has 2 atom stereocenters. The lowest BCUT2D eigenvalue weighted by Crippen LogP contribution is -2.51. The van der Waals surface area contributed by atoms with Gasteiger partial charge in [-0.15, -0.1) is 0 Å². The molecule has 0 aromatic carbocycles. The van der Waals surface area contributed by atoms with E-state index in [1.807, 2.05) is 20.8 Å². The highest BCUT2D eigenvalue weighted by molar-refractivity contribution is 6.43. The number of carbonyl (C=O) groups excluding carboxylic acids is 1. The third kappa shape index (κ3) is 6.10. The second-order valence-electron chi connectivity index (χ2n) is 4.55. The van der Waals surface area contributed by atoms with Crippen LogP contribution in [0.5, 0.6) is 0 Å². The molecular weight excluding hydrogens is 207 g/mol. The lowest BCUT2D eigenvalue weighted by atomic mass is 9.76. The van der Waals surface area contributed by atoms with Crippen LogP contribution in [0, 0.1) is 5.92 Å². The molecule has 0 unspecified atom stereocenters. The molecule has 5 N–H and O–H groups in total. The summed E-state index contributed by atoms with van der Waals surface area (Å²) < 4.78 is 0. The maximum Gasteiger partial charge on any atom is 0.475 e. The van der Waals surface area contributed by atoms with Gasteiger partial charge in [0.25, 0.3) is 0 Å². The predicted octanol–water partition coefficient (Wildman–Crippen LogP) is -0.343. The number of hydrogen-bond acceptors (Lipinski definition) is 4. The maximum atomic E-state index is 11.6. The molecule has 1 amide bonds. The minimum Gasteiger partial charge on any atom is -0.426 e. The first-order chi connectivity index (χ1) is 7.38. The highest BCUT2D eigenvalue weighted by atomic mass is 16.4. The SMILES string of the molecule is CCC[C@H](NC(=O)[C@@H](N)CC(C)C)B(O)O. The van der Waals surface area contributed by atoms with E-state index in [0.717, 1.165) is 6.42 Å². The van der Waals surface area contributed by atoms with Crippen LogP contribution in [0.4, 0.5) is 0 Å². The molecule has 0 aliphatic rings. The van der Waals surface area contributed by atoms with Crippen LogP contribution in [0.1, 0.15) is 40.0 Å². The molecule has 16 heavy (non-hydrogen) atoms. The second-order valence-corrected chi connectivity index (χ2v) is 4.55. The minimum atomic E-state index is -1.53. The Bertz CT molecular complexity index is 212. The van der Waals surface area contributed by atoms with Crippen molar-refractivity contribution in [2.45, 2.75) is 52.0 Å². The Morgan fingerprint density at radius 3 is 2.38 bits per heavy atom. The maximum absolute atomic E-state index is 11.6. The van der Waals surface area contributed by atoms with Gasteiger partial charge >= 0.3 is 7.12 Å². The zero-order chi connectivity index (χ0) is 12.7. The van der Waals surface area contributed by atoms with E-state index in [1.165, 1.54) is 0 Å². The van der Waals surface area contributed by atoms with Crippen molar-refractivity contribution in [3.8, 4) is 0 Å². The van der Waals surface area contributed by atoms with Gasteiger partial charge in [-0.05, 0) is 18.8 Å². The van der Waals surface area contributed by atoms with E-state index < -0.39 is 19.1 Å². The van der Waals surface area contributed by atoms with Crippen LogP contribution >= 0.6 is 0 Å². The molecule has 0 fully saturated rings. The van der Waals surface area contributed by atoms with E-state index >= 15 is 0 Å². The van der Waals surface area contributed by atoms with Crippen molar-refractivity contribution < 1.29 is 14.8 Å². The van der Waals surface area contributed by atoms with E-state index in [9.17, 15) is 4.79 Å². The normalized spacial score (nSPS) is 14.7. The summed E-state index contributed by atoms with van der Waals surface area (Å²) in [6.45, 7) is 5.88. The summed E-state index contributed by atoms with van der Waals surface area (Å²) in [4.78, 5) is 11.6. The standard InChI is InChI=1S/C10H23BN2O3/c1-4-5-9(11(15)16)13-10(14)8(12)6-7(2)3/h7-9,15-16H,4-6,12H2,1-3H3,(H,13,14)/t8-,9-/m0/s1. The molecule has 6 heteroatoms. The molecule has 0 heterocycles. The first kappa shape index (κ1) is 15.4. The Hall–Kier alpha value is -0.585. The van der Waals surface area contributed by atoms with Crippen molar-refractivity contribution >= 4 is 13.0 Å². The van der Waals surface area contributed by atoms with Gasteiger partial charge in [-0.1, -0.05) is 27.2 Å². The Kier molecular flexibility index (Phi) is 7.37. The van der Waals surface area contributed by atoms with Gasteiger partial charge in [0.2, 0.25) is 5.91 Å². The highest BCUT2D eigenvalue weighted by Crippen LogP contribution is 2.04. The lowest BCUT2D eigenvalue weighted by molar-refractivity contribution is -0.123. The smallest absolute Gasteiger partial charge is 0.426 e. The summed E-state index contributed by atoms with van der Waals surface area (Å²) in [5.41, 5.74) is 5.69. The van der Waals surface area contributed by atoms with Gasteiger partial charge in [0.05, 0.1) is 12.0 Å². The molecule has 0 aromatic rings. The van der Waals surface area contributed by atoms with E-state index in [-0.39, 0.29) is 5.91 Å². The van der Waals surface area contributed by atoms with Crippen molar-refractivity contribution in [1.29, 1.82) is 0 Å². The summed E-state index contributed by atoms with van der Waals surface area (Å²) in [5.74, 6) is -0.611. The molecule has 0 aliphatic heterocycles. The van der Waals surface area contributed by atoms with Crippen molar-refractivity contribution in [2.24, 2.45) is 11.7 Å². The fraction of sp³-hybridized carbons (Fsp3) is 0.900. The van der Waals surface area contributed by atoms with Gasteiger partial charge in [0, 0.05) is 0 Å². The number of carbonyl (C=O) groups is 1. The van der Waals surface area contributed by atoms with Gasteiger partial charge in [0.1, 0.15) is 0 Å². The van der Waals surface area contributed by atoms with Crippen LogP contribution in [0.15, 0.2) is 0 Å². The zero-order valence-corrected chi connectivity index (χ0v) is 10.3. The Labute approximate surface area is 97.6 Å². The first-order valence-corrected chi connectivity index (χ1v) is 5.80. The Balaban J connectivity index is 4.17. The van der Waals surface area contributed by atoms with Crippen LogP contribution in [0.2, 0.25) is 0 Å². The number of hydrogen-bond donors (Lipinski definition) is 4. The molecule has 0 saturated carbocycles. The van der Waals surface area contributed by atoms with Crippen LogP contribution in [0.3, 0.4) is 0 Å². The monoisotopic (exact) mass is 230 g/mol. The second kappa shape index (κ2) is 7.65. The predicted molar refractivity (Wildman–Crippen MR) is 64.5 cm³/mol. The first-order valence-electron chi connectivity index (χ1n) is 5.80. The summed E-state index contributed by atoms with van der Waals surface area (Å²) in [7, 11) is -1.53. The topological polar surface area (TPSA) is 95.6 Å². The molecule has 94 valence electrons. The number of nitrogens with two attached hydrogens (primary N) is 1. The van der Waals surface area contributed by atoms with Crippen molar-refractivity contribution in [3.63, 3.8) is 0 Å². The molecule has 0 rings (SSSR count). The third-order valence-electron chi connectivity index (χ3n) is 2.35. The largest absolute Gasteiger partial charge is 0.475 e. The van der Waals surface area contributed by atoms with E-state index in [0.29, 0.717) is 18.8 Å². The van der Waals surface area contributed by atoms with Gasteiger partial charge < -0.3 is 21.1 Å². The van der Waals surface area contributed by atoms with Crippen LogP contribution < -0.4 is 11.1 Å². The van der Waals surface area contributed by atoms with E-state index in [4.69, 9.17) is 15.8 Å². The third-order valence-corrected chi connectivity index (χ3v) is 2.35. The molecule has 0 aliphatic carbocycles. The van der Waals surface area contributed by atoms with Gasteiger partial charge in [-0.3, -0.25) is 4.79 Å². The Morgan fingerprint density at radius 2 is 2.00 bits per heavy atom. The van der Waals surface area contributed by atoms with E-state index in [1.54, 1.807) is 0 Å². The van der Waals surface area contributed by atoms with Crippen LogP contribution in [-0.4, -0.2) is 35.1 Å². The molecule has 0 saturated heterocycles. The fourth-order valence-corrected chi connectivity index (χ4v) is 1.51. The van der Waals surface area contributed by atoms with E-state index in [2.05, 4.69) is 5.32 Å². The van der Waals surface area contributed by atoms with Crippen LogP contribution in [-0.2, 0) is 4.79 Å². The minimum absolute atomic E-state index is 0.319. The van der Waals surface area contributed by atoms with Crippen molar-refractivity contribution in [2.75, 3.05) is 0 Å². The molecule has 0 spiro atoms. The average Bonchev–Trinajstić information content (AvgIpc) is 2.15. The summed E-state index contributed by atoms with van der Waals surface area (Å²) in [6.07, 6.45) is 1.88.